The maximum atomic E-state index is 9.20. The molecule has 1 aliphatic heterocycles. The summed E-state index contributed by atoms with van der Waals surface area (Å²) in [6, 6.07) is 8.23. The van der Waals surface area contributed by atoms with E-state index in [1.54, 1.807) is 0 Å². The summed E-state index contributed by atoms with van der Waals surface area (Å²) in [4.78, 5) is 10.9. The Morgan fingerprint density at radius 2 is 2.32 bits per heavy atom. The van der Waals surface area contributed by atoms with Crippen molar-refractivity contribution < 1.29 is 4.42 Å². The average molecular weight is 296 g/mol. The van der Waals surface area contributed by atoms with Gasteiger partial charge in [0.2, 0.25) is 5.88 Å². The second kappa shape index (κ2) is 6.61. The molecule has 1 aliphatic rings. The number of pyridine rings is 1. The topological polar surface area (TPSA) is 66.0 Å². The molecule has 3 heterocycles. The van der Waals surface area contributed by atoms with Crippen molar-refractivity contribution in [3.8, 4) is 6.07 Å². The highest BCUT2D eigenvalue weighted by atomic mass is 16.4. The van der Waals surface area contributed by atoms with Crippen molar-refractivity contribution in [1.82, 2.24) is 9.97 Å². The van der Waals surface area contributed by atoms with Gasteiger partial charge in [-0.05, 0) is 44.7 Å². The maximum absolute atomic E-state index is 9.20. The first-order valence-electron chi connectivity index (χ1n) is 7.80. The molecule has 1 fully saturated rings. The monoisotopic (exact) mass is 296 g/mol. The third kappa shape index (κ3) is 3.11. The predicted octanol–water partition coefficient (Wildman–Crippen LogP) is 3.05. The molecule has 0 aliphatic carbocycles. The normalized spacial score (nSPS) is 17.6. The number of nitriles is 1. The molecule has 0 amide bonds. The van der Waals surface area contributed by atoms with Gasteiger partial charge in [-0.3, -0.25) is 4.98 Å². The fourth-order valence-corrected chi connectivity index (χ4v) is 2.93. The number of anilines is 1. The van der Waals surface area contributed by atoms with Crippen molar-refractivity contribution in [1.29, 1.82) is 5.26 Å². The Labute approximate surface area is 130 Å². The van der Waals surface area contributed by atoms with Crippen LogP contribution in [0.3, 0.4) is 0 Å². The van der Waals surface area contributed by atoms with E-state index in [4.69, 9.17) is 4.42 Å². The molecular weight excluding hydrogens is 276 g/mol. The van der Waals surface area contributed by atoms with Crippen LogP contribution >= 0.6 is 0 Å². The number of rotatable bonds is 5. The van der Waals surface area contributed by atoms with Crippen LogP contribution in [0.1, 0.15) is 36.5 Å². The van der Waals surface area contributed by atoms with Gasteiger partial charge in [-0.15, -0.1) is 0 Å². The van der Waals surface area contributed by atoms with E-state index in [9.17, 15) is 5.26 Å². The van der Waals surface area contributed by atoms with Crippen molar-refractivity contribution >= 4 is 5.88 Å². The molecule has 0 N–H and O–H groups in total. The van der Waals surface area contributed by atoms with E-state index in [0.717, 1.165) is 61.8 Å². The first kappa shape index (κ1) is 14.6. The fraction of sp³-hybridized carbons (Fsp3) is 0.471. The Bertz CT molecular complexity index is 659. The number of aromatic nitrogens is 2. The van der Waals surface area contributed by atoms with Crippen LogP contribution in [0.15, 0.2) is 28.8 Å². The molecule has 0 saturated carbocycles. The van der Waals surface area contributed by atoms with Gasteiger partial charge in [0.15, 0.2) is 5.89 Å². The second-order valence-electron chi connectivity index (χ2n) is 5.65. The Balaban J connectivity index is 1.62. The first-order valence-corrected chi connectivity index (χ1v) is 7.80. The van der Waals surface area contributed by atoms with Crippen LogP contribution < -0.4 is 4.90 Å². The zero-order valence-electron chi connectivity index (χ0n) is 12.8. The van der Waals surface area contributed by atoms with Gasteiger partial charge < -0.3 is 9.32 Å². The lowest BCUT2D eigenvalue weighted by Crippen LogP contribution is -2.27. The number of nitrogens with zero attached hydrogens (tertiary/aromatic N) is 4. The van der Waals surface area contributed by atoms with E-state index in [1.165, 1.54) is 0 Å². The summed E-state index contributed by atoms with van der Waals surface area (Å²) in [7, 11) is 0. The summed E-state index contributed by atoms with van der Waals surface area (Å²) in [5.74, 6) is 1.53. The number of oxazole rings is 1. The molecule has 1 saturated heterocycles. The molecule has 0 spiro atoms. The number of hydrogen-bond acceptors (Lipinski definition) is 5. The minimum Gasteiger partial charge on any atom is -0.425 e. The van der Waals surface area contributed by atoms with Crippen molar-refractivity contribution in [2.24, 2.45) is 0 Å². The molecule has 2 aromatic heterocycles. The molecule has 0 radical (unpaired) electrons. The molecular formula is C17H20N4O. The van der Waals surface area contributed by atoms with Crippen molar-refractivity contribution in [3.05, 3.63) is 41.7 Å². The summed E-state index contributed by atoms with van der Waals surface area (Å²) in [6.07, 6.45) is 6.43. The molecule has 3 rings (SSSR count). The molecule has 114 valence electrons. The van der Waals surface area contributed by atoms with Gasteiger partial charge >= 0.3 is 0 Å². The summed E-state index contributed by atoms with van der Waals surface area (Å²) < 4.78 is 5.91. The Morgan fingerprint density at radius 3 is 3.09 bits per heavy atom. The zero-order valence-corrected chi connectivity index (χ0v) is 12.8. The highest BCUT2D eigenvalue weighted by molar-refractivity contribution is 5.44. The predicted molar refractivity (Wildman–Crippen MR) is 83.5 cm³/mol. The van der Waals surface area contributed by atoms with Crippen molar-refractivity contribution in [2.75, 3.05) is 11.4 Å². The van der Waals surface area contributed by atoms with E-state index in [0.29, 0.717) is 0 Å². The van der Waals surface area contributed by atoms with E-state index in [-0.39, 0.29) is 6.04 Å². The van der Waals surface area contributed by atoms with Gasteiger partial charge in [0, 0.05) is 24.9 Å². The summed E-state index contributed by atoms with van der Waals surface area (Å²) >= 11 is 0. The third-order valence-electron chi connectivity index (χ3n) is 4.03. The minimum absolute atomic E-state index is 0.0759. The third-order valence-corrected chi connectivity index (χ3v) is 4.03. The smallest absolute Gasteiger partial charge is 0.220 e. The lowest BCUT2D eigenvalue weighted by atomic mass is 10.2. The number of hydrogen-bond donors (Lipinski definition) is 0. The average Bonchev–Trinajstić information content (AvgIpc) is 3.14. The van der Waals surface area contributed by atoms with Crippen LogP contribution in [0.25, 0.3) is 0 Å². The van der Waals surface area contributed by atoms with Gasteiger partial charge in [-0.25, -0.2) is 4.98 Å². The van der Waals surface area contributed by atoms with Crippen molar-refractivity contribution in [2.45, 2.75) is 45.1 Å². The zero-order chi connectivity index (χ0) is 15.4. The standard InChI is InChI=1S/C17H20N4O/c1-13-17(21-11-5-8-15(21)12-18)22-16(20-13)9-4-7-14-6-2-3-10-19-14/h2-3,6,10,15H,4-5,7-9,11H2,1H3. The first-order chi connectivity index (χ1) is 10.8. The highest BCUT2D eigenvalue weighted by Gasteiger charge is 2.28. The van der Waals surface area contributed by atoms with Crippen LogP contribution in [0.4, 0.5) is 5.88 Å². The SMILES string of the molecule is Cc1nc(CCCc2ccccn2)oc1N1CCCC1C#N. The Kier molecular flexibility index (Phi) is 4.38. The van der Waals surface area contributed by atoms with Crippen LogP contribution in [-0.2, 0) is 12.8 Å². The molecule has 0 bridgehead atoms. The maximum Gasteiger partial charge on any atom is 0.220 e. The summed E-state index contributed by atoms with van der Waals surface area (Å²) in [5.41, 5.74) is 1.98. The Hall–Kier alpha value is -2.35. The molecule has 5 nitrogen and oxygen atoms in total. The van der Waals surface area contributed by atoms with Crippen LogP contribution in [0.5, 0.6) is 0 Å². The van der Waals surface area contributed by atoms with Crippen LogP contribution in [-0.4, -0.2) is 22.6 Å². The molecule has 5 heteroatoms. The lowest BCUT2D eigenvalue weighted by Gasteiger charge is -2.18. The van der Waals surface area contributed by atoms with Gasteiger partial charge in [-0.2, -0.15) is 5.26 Å². The summed E-state index contributed by atoms with van der Waals surface area (Å²) in [6.45, 7) is 2.83. The van der Waals surface area contributed by atoms with Gasteiger partial charge in [-0.1, -0.05) is 6.07 Å². The minimum atomic E-state index is -0.0759. The van der Waals surface area contributed by atoms with Crippen LogP contribution in [0.2, 0.25) is 0 Å². The molecule has 22 heavy (non-hydrogen) atoms. The lowest BCUT2D eigenvalue weighted by molar-refractivity contribution is 0.479. The van der Waals surface area contributed by atoms with Crippen molar-refractivity contribution in [3.63, 3.8) is 0 Å². The van der Waals surface area contributed by atoms with Crippen LogP contribution in [0, 0.1) is 18.3 Å². The van der Waals surface area contributed by atoms with Gasteiger partial charge in [0.25, 0.3) is 0 Å². The second-order valence-corrected chi connectivity index (χ2v) is 5.65. The van der Waals surface area contributed by atoms with E-state index >= 15 is 0 Å². The number of aryl methyl sites for hydroxylation is 3. The van der Waals surface area contributed by atoms with E-state index in [1.807, 2.05) is 36.2 Å². The Morgan fingerprint density at radius 1 is 1.41 bits per heavy atom. The van der Waals surface area contributed by atoms with Gasteiger partial charge in [0.05, 0.1) is 6.07 Å². The fourth-order valence-electron chi connectivity index (χ4n) is 2.93. The molecule has 1 unspecified atom stereocenters. The quantitative estimate of drug-likeness (QED) is 0.848. The summed E-state index contributed by atoms with van der Waals surface area (Å²) in [5, 5.41) is 9.20. The molecule has 2 aromatic rings. The molecule has 0 aromatic carbocycles. The van der Waals surface area contributed by atoms with Gasteiger partial charge in [0.1, 0.15) is 11.7 Å². The highest BCUT2D eigenvalue weighted by Crippen LogP contribution is 2.29. The van der Waals surface area contributed by atoms with E-state index in [2.05, 4.69) is 16.0 Å². The largest absolute Gasteiger partial charge is 0.425 e. The molecule has 1 atom stereocenters. The van der Waals surface area contributed by atoms with E-state index < -0.39 is 0 Å².